The van der Waals surface area contributed by atoms with Gasteiger partial charge in [0.05, 0.1) is 0 Å². The van der Waals surface area contributed by atoms with Crippen LogP contribution in [0, 0.1) is 0 Å². The molecule has 0 spiro atoms. The van der Waals surface area contributed by atoms with Crippen molar-refractivity contribution >= 4 is 88.3 Å². The number of nitrogens with one attached hydrogen (secondary N) is 4. The monoisotopic (exact) mass is 1080 g/mol. The van der Waals surface area contributed by atoms with Crippen LogP contribution in [-0.4, -0.2) is 79.7 Å². The van der Waals surface area contributed by atoms with E-state index < -0.39 is 0 Å². The molecule has 392 valence electrons. The van der Waals surface area contributed by atoms with E-state index >= 15 is 0 Å². The molecule has 20 rings (SSSR count). The van der Waals surface area contributed by atoms with E-state index in [9.17, 15) is 0 Å². The molecule has 8 aromatic carbocycles. The predicted molar refractivity (Wildman–Crippen MR) is 327 cm³/mol. The Morgan fingerprint density at radius 3 is 0.583 bits per heavy atom. The summed E-state index contributed by atoms with van der Waals surface area (Å²) in [6.45, 7) is 0. The highest BCUT2D eigenvalue weighted by molar-refractivity contribution is 6.12. The Balaban J connectivity index is 0.883. The lowest BCUT2D eigenvalue weighted by Crippen LogP contribution is -2.01. The Morgan fingerprint density at radius 1 is 0.190 bits per heavy atom. The minimum Gasteiger partial charge on any atom is -0.324 e. The van der Waals surface area contributed by atoms with Crippen LogP contribution in [-0.2, 0) is 25.7 Å². The second kappa shape index (κ2) is 17.0. The third-order valence-electron chi connectivity index (χ3n) is 17.1. The van der Waals surface area contributed by atoms with E-state index in [1.807, 2.05) is 72.8 Å². The second-order valence-corrected chi connectivity index (χ2v) is 21.8. The van der Waals surface area contributed by atoms with E-state index in [-0.39, 0.29) is 0 Å². The van der Waals surface area contributed by atoms with Crippen LogP contribution in [0.1, 0.15) is 22.3 Å². The van der Waals surface area contributed by atoms with Gasteiger partial charge in [-0.3, -0.25) is 0 Å². The van der Waals surface area contributed by atoms with Gasteiger partial charge in [-0.05, 0) is 47.9 Å². The molecule has 2 aliphatic carbocycles. The molecule has 10 heterocycles. The number of hydrogen-bond donors (Lipinski definition) is 4. The molecule has 0 amide bonds. The van der Waals surface area contributed by atoms with Gasteiger partial charge in [-0.1, -0.05) is 170 Å². The molecule has 6 aromatic heterocycles. The molecule has 20 bridgehead atoms. The van der Waals surface area contributed by atoms with Gasteiger partial charge >= 0.3 is 0 Å². The topological polar surface area (TPSA) is 218 Å². The summed E-state index contributed by atoms with van der Waals surface area (Å²) in [4.78, 5) is 78.6. The number of nitrogens with zero attached hydrogens (tertiary/aromatic N) is 12. The van der Waals surface area contributed by atoms with Crippen molar-refractivity contribution in [2.75, 3.05) is 0 Å². The van der Waals surface area contributed by atoms with E-state index in [2.05, 4.69) is 117 Å². The summed E-state index contributed by atoms with van der Waals surface area (Å²) >= 11 is 0. The van der Waals surface area contributed by atoms with Crippen LogP contribution in [0.3, 0.4) is 0 Å². The Morgan fingerprint density at radius 2 is 0.369 bits per heavy atom. The molecule has 0 radical (unpaired) electrons. The number of H-pyrrole nitrogens is 4. The van der Waals surface area contributed by atoms with Crippen molar-refractivity contribution in [2.45, 2.75) is 25.7 Å². The summed E-state index contributed by atoms with van der Waals surface area (Å²) in [5, 5.41) is 7.65. The first-order valence-electron chi connectivity index (χ1n) is 28.1. The molecular formula is C68H40N16. The minimum atomic E-state index is 0.556. The van der Waals surface area contributed by atoms with Gasteiger partial charge in [0.15, 0.2) is 46.6 Å². The van der Waals surface area contributed by atoms with E-state index in [1.165, 1.54) is 0 Å². The highest BCUT2D eigenvalue weighted by atomic mass is 15.1. The zero-order chi connectivity index (χ0) is 54.7. The smallest absolute Gasteiger partial charge is 0.164 e. The molecule has 0 unspecified atom stereocenters. The summed E-state index contributed by atoms with van der Waals surface area (Å²) in [7, 11) is 0. The van der Waals surface area contributed by atoms with Crippen molar-refractivity contribution in [1.82, 2.24) is 79.7 Å². The van der Waals surface area contributed by atoms with E-state index in [1.54, 1.807) is 0 Å². The van der Waals surface area contributed by atoms with Crippen LogP contribution in [0.25, 0.3) is 179 Å². The zero-order valence-electron chi connectivity index (χ0n) is 44.4. The summed E-state index contributed by atoms with van der Waals surface area (Å²) in [5.74, 6) is 4.46. The van der Waals surface area contributed by atoms with Crippen molar-refractivity contribution in [3.63, 3.8) is 0 Å². The molecular weight excluding hydrogens is 1040 g/mol. The van der Waals surface area contributed by atoms with Crippen LogP contribution in [0.2, 0.25) is 0 Å². The molecule has 0 saturated heterocycles. The Labute approximate surface area is 474 Å². The van der Waals surface area contributed by atoms with Gasteiger partial charge in [0.25, 0.3) is 0 Å². The lowest BCUT2D eigenvalue weighted by molar-refractivity contribution is 0.949. The molecule has 0 fully saturated rings. The van der Waals surface area contributed by atoms with E-state index in [0.29, 0.717) is 117 Å². The third-order valence-corrected chi connectivity index (χ3v) is 17.1. The average Bonchev–Trinajstić information content (AvgIpc) is 4.05. The van der Waals surface area contributed by atoms with Gasteiger partial charge in [-0.15, -0.1) is 0 Å². The van der Waals surface area contributed by atoms with E-state index in [0.717, 1.165) is 110 Å². The zero-order valence-corrected chi connectivity index (χ0v) is 44.4. The molecule has 4 aliphatic heterocycles. The first kappa shape index (κ1) is 45.2. The maximum Gasteiger partial charge on any atom is 0.164 e. The van der Waals surface area contributed by atoms with Crippen molar-refractivity contribution in [3.8, 4) is 91.1 Å². The Bertz CT molecular complexity index is 4990. The number of aromatic nitrogens is 16. The molecule has 4 N–H and O–H groups in total. The van der Waals surface area contributed by atoms with Crippen molar-refractivity contribution in [2.24, 2.45) is 0 Å². The van der Waals surface area contributed by atoms with Gasteiger partial charge in [0, 0.05) is 87.6 Å². The van der Waals surface area contributed by atoms with Crippen LogP contribution in [0.4, 0.5) is 0 Å². The maximum absolute atomic E-state index is 5.51. The summed E-state index contributed by atoms with van der Waals surface area (Å²) < 4.78 is 0. The Kier molecular flexibility index (Phi) is 9.16. The lowest BCUT2D eigenvalue weighted by Gasteiger charge is -2.14. The van der Waals surface area contributed by atoms with Crippen LogP contribution in [0.15, 0.2) is 170 Å². The fraction of sp³-hybridized carbons (Fsp3) is 0.0588. The number of aryl methyl sites for hydroxylation is 4. The first-order chi connectivity index (χ1) is 41.6. The summed E-state index contributed by atoms with van der Waals surface area (Å²) in [5.41, 5.74) is 16.8. The number of hydrogen-bond acceptors (Lipinski definition) is 12. The average molecular weight is 1080 g/mol. The van der Waals surface area contributed by atoms with Gasteiger partial charge in [0.2, 0.25) is 0 Å². The van der Waals surface area contributed by atoms with E-state index in [4.69, 9.17) is 59.8 Å². The van der Waals surface area contributed by atoms with Crippen molar-refractivity contribution in [3.05, 3.63) is 192 Å². The standard InChI is InChI=1S/C68H40N16/c1-2-14-38-37(13-1)53-69-54(38)72-58-42-18-6-10-22-46(42)62(76-58)80-66-50-34-26-25-33(49(50)65(83-66)79-61-45-21-9-5-17-41(45)57(71-53)75-61)29-30-35-27-28-36(32-31-34)52-51(35)67-81-63-47-23-11-7-19-43(47)59(77-63)73-55-39-15-3-4-16-40(39)56(70-55)74-60-44-20-8-12-24-48(44)64(78-60)82-68(52)84-67/h1-28H,29-32H2,(H2,69,71,72,75,76,79,80,83)(H2,70,73,74,77,78,81,82,84). The van der Waals surface area contributed by atoms with Crippen LogP contribution < -0.4 is 0 Å². The fourth-order valence-electron chi connectivity index (χ4n) is 13.2. The normalized spacial score (nSPS) is 13.0. The molecule has 0 atom stereocenters. The number of aromatic amines is 4. The van der Waals surface area contributed by atoms with Crippen molar-refractivity contribution < 1.29 is 0 Å². The molecule has 16 heteroatoms. The predicted octanol–water partition coefficient (Wildman–Crippen LogP) is 13.9. The summed E-state index contributed by atoms with van der Waals surface area (Å²) in [6.07, 6.45) is 2.58. The van der Waals surface area contributed by atoms with Crippen LogP contribution >= 0.6 is 0 Å². The van der Waals surface area contributed by atoms with Crippen molar-refractivity contribution in [1.29, 1.82) is 0 Å². The van der Waals surface area contributed by atoms with Crippen LogP contribution in [0.5, 0.6) is 0 Å². The lowest BCUT2D eigenvalue weighted by atomic mass is 9.90. The first-order valence-corrected chi connectivity index (χ1v) is 28.1. The molecule has 6 aliphatic rings. The number of rotatable bonds is 0. The minimum absolute atomic E-state index is 0.556. The van der Waals surface area contributed by atoms with Gasteiger partial charge in [-0.2, -0.15) is 0 Å². The molecule has 16 nitrogen and oxygen atoms in total. The molecule has 84 heavy (non-hydrogen) atoms. The largest absolute Gasteiger partial charge is 0.324 e. The maximum atomic E-state index is 5.51. The number of fused-ring (bicyclic) bond motifs is 40. The quantitative estimate of drug-likeness (QED) is 0.111. The highest BCUT2D eigenvalue weighted by Gasteiger charge is 2.27. The fourth-order valence-corrected chi connectivity index (χ4v) is 13.2. The second-order valence-electron chi connectivity index (χ2n) is 21.8. The highest BCUT2D eigenvalue weighted by Crippen LogP contribution is 2.42. The summed E-state index contributed by atoms with van der Waals surface area (Å²) in [6, 6.07) is 58.0. The molecule has 14 aromatic rings. The van der Waals surface area contributed by atoms with Gasteiger partial charge < -0.3 is 19.9 Å². The number of benzene rings is 8. The van der Waals surface area contributed by atoms with Gasteiger partial charge in [0.1, 0.15) is 45.2 Å². The SMILES string of the molecule is c1ccc2c(c1)-c1nc-2nc2[nH]c(nc3nc(nc4[nH]c(n1)c1ccccc41)-c1ccccc1-3)c1c3ccc(c21)CCc1ccc(c2c4nc5nc(nc6[nH]c(nc7nc(nc([nH]4)c12)-c1ccccc1-7)c1ccccc61)-c1ccccc1-5)CC3. The Hall–Kier alpha value is -11.5. The third kappa shape index (κ3) is 6.63. The van der Waals surface area contributed by atoms with Gasteiger partial charge in [-0.25, -0.2) is 59.8 Å². The molecule has 0 saturated carbocycles.